The molecule has 0 spiro atoms. The maximum atomic E-state index is 12.7. The second-order valence-corrected chi connectivity index (χ2v) is 9.17. The van der Waals surface area contributed by atoms with E-state index < -0.39 is 45.0 Å². The van der Waals surface area contributed by atoms with E-state index in [-0.39, 0.29) is 29.4 Å². The standard InChI is InChI=1S/C23H25N6O8P/c1-12-19(27-23(24)28-20(12)32)29(22-18(31)17(30)16(37-22)10-36-38(34)35)11-25-9-14-7-8-15(26-21(14)33)13-5-3-2-4-6-13/h2-8,11,16-18,22,30-31H,9-10H2,1H3,(H4-,24,26,27,28,32,33,34,35)/p+1. The lowest BCUT2D eigenvalue weighted by molar-refractivity contribution is -0.0135. The molecule has 1 saturated heterocycles. The number of ether oxygens (including phenoxy) is 1. The Balaban J connectivity index is 1.62. The minimum absolute atomic E-state index is 0.0191. The molecule has 0 aliphatic carbocycles. The first-order valence-electron chi connectivity index (χ1n) is 11.4. The molecule has 7 N–H and O–H groups in total. The summed E-state index contributed by atoms with van der Waals surface area (Å²) in [4.78, 5) is 48.7. The summed E-state index contributed by atoms with van der Waals surface area (Å²) in [5, 5.41) is 21.1. The van der Waals surface area contributed by atoms with Gasteiger partial charge in [-0.25, -0.2) is 0 Å². The molecule has 14 nitrogen and oxygen atoms in total. The van der Waals surface area contributed by atoms with Crippen LogP contribution in [0.2, 0.25) is 0 Å². The maximum Gasteiger partial charge on any atom is 0.694 e. The van der Waals surface area contributed by atoms with Gasteiger partial charge in [-0.1, -0.05) is 30.3 Å². The van der Waals surface area contributed by atoms with Gasteiger partial charge in [0.15, 0.2) is 6.23 Å². The minimum Gasteiger partial charge on any atom is -0.387 e. The number of rotatable bonds is 9. The molecule has 5 atom stereocenters. The molecule has 4 rings (SSSR count). The number of hydrogen-bond donors (Lipinski definition) is 6. The number of hydrogen-bond acceptors (Lipinski definition) is 10. The van der Waals surface area contributed by atoms with Crippen LogP contribution in [0.4, 0.5) is 11.8 Å². The zero-order valence-corrected chi connectivity index (χ0v) is 21.0. The van der Waals surface area contributed by atoms with Crippen molar-refractivity contribution in [2.45, 2.75) is 38.0 Å². The molecule has 15 heteroatoms. The SMILES string of the molecule is Cc1c(N(C=NCc2ccc(-c3ccccc3)[nH]c2=O)C2OC(CO[P+](=O)O)C(O)C2O)nc(N)[nH]c1=O. The number of benzene rings is 1. The molecule has 2 aromatic heterocycles. The van der Waals surface area contributed by atoms with E-state index in [1.807, 2.05) is 30.3 Å². The summed E-state index contributed by atoms with van der Waals surface area (Å²) >= 11 is 0. The maximum absolute atomic E-state index is 12.7. The molecule has 0 amide bonds. The van der Waals surface area contributed by atoms with Crippen molar-refractivity contribution in [3.8, 4) is 11.3 Å². The number of aliphatic imine (C=N–C) groups is 1. The molecule has 0 bridgehead atoms. The Kier molecular flexibility index (Phi) is 8.42. The van der Waals surface area contributed by atoms with Crippen LogP contribution in [0.15, 0.2) is 57.0 Å². The van der Waals surface area contributed by atoms with Crippen LogP contribution in [0.3, 0.4) is 0 Å². The zero-order valence-electron chi connectivity index (χ0n) is 20.1. The molecule has 38 heavy (non-hydrogen) atoms. The van der Waals surface area contributed by atoms with E-state index in [0.717, 1.165) is 5.56 Å². The van der Waals surface area contributed by atoms with Crippen LogP contribution in [-0.2, 0) is 20.4 Å². The lowest BCUT2D eigenvalue weighted by atomic mass is 10.1. The molecule has 1 aliphatic heterocycles. The Morgan fingerprint density at radius 3 is 2.58 bits per heavy atom. The van der Waals surface area contributed by atoms with Gasteiger partial charge in [0.2, 0.25) is 5.95 Å². The number of nitrogens with zero attached hydrogens (tertiary/aromatic N) is 3. The largest absolute Gasteiger partial charge is 0.694 e. The van der Waals surface area contributed by atoms with Crippen molar-refractivity contribution in [1.82, 2.24) is 15.0 Å². The monoisotopic (exact) mass is 545 g/mol. The van der Waals surface area contributed by atoms with Gasteiger partial charge in [-0.15, -0.1) is 9.42 Å². The second-order valence-electron chi connectivity index (χ2n) is 8.44. The fourth-order valence-corrected chi connectivity index (χ4v) is 4.18. The molecule has 1 fully saturated rings. The van der Waals surface area contributed by atoms with Crippen LogP contribution >= 0.6 is 8.25 Å². The quantitative estimate of drug-likeness (QED) is 0.121. The van der Waals surface area contributed by atoms with E-state index in [1.54, 1.807) is 12.1 Å². The fraction of sp³-hybridized carbons (Fsp3) is 0.304. The third-order valence-electron chi connectivity index (χ3n) is 5.89. The van der Waals surface area contributed by atoms with Gasteiger partial charge in [0.25, 0.3) is 11.1 Å². The lowest BCUT2D eigenvalue weighted by Crippen LogP contribution is -2.45. The third kappa shape index (κ3) is 6.02. The first-order valence-corrected chi connectivity index (χ1v) is 12.5. The van der Waals surface area contributed by atoms with Crippen LogP contribution in [-0.4, -0.2) is 67.5 Å². The zero-order chi connectivity index (χ0) is 27.4. The molecule has 3 heterocycles. The Labute approximate surface area is 216 Å². The van der Waals surface area contributed by atoms with Crippen LogP contribution in [0.5, 0.6) is 0 Å². The number of nitrogens with two attached hydrogens (primary N) is 1. The summed E-state index contributed by atoms with van der Waals surface area (Å²) in [6.07, 6.45) is -4.36. The Bertz CT molecular complexity index is 1450. The van der Waals surface area contributed by atoms with Gasteiger partial charge in [0.1, 0.15) is 30.7 Å². The highest BCUT2D eigenvalue weighted by molar-refractivity contribution is 7.32. The topological polar surface area (TPSA) is 216 Å². The minimum atomic E-state index is -2.96. The number of aliphatic hydroxyl groups is 2. The van der Waals surface area contributed by atoms with Crippen molar-refractivity contribution in [3.63, 3.8) is 0 Å². The summed E-state index contributed by atoms with van der Waals surface area (Å²) in [6.45, 7) is 0.892. The van der Waals surface area contributed by atoms with Crippen LogP contribution < -0.4 is 21.8 Å². The molecule has 3 aromatic rings. The molecule has 5 unspecified atom stereocenters. The average molecular weight is 545 g/mol. The highest BCUT2D eigenvalue weighted by Gasteiger charge is 2.47. The van der Waals surface area contributed by atoms with Gasteiger partial charge < -0.3 is 25.7 Å². The number of nitrogens with one attached hydrogen (secondary N) is 2. The van der Waals surface area contributed by atoms with E-state index in [0.29, 0.717) is 11.3 Å². The summed E-state index contributed by atoms with van der Waals surface area (Å²) in [6, 6.07) is 12.7. The number of pyridine rings is 1. The number of aromatic nitrogens is 3. The highest BCUT2D eigenvalue weighted by atomic mass is 31.1. The molecular weight excluding hydrogens is 519 g/mol. The smallest absolute Gasteiger partial charge is 0.387 e. The molecule has 1 aliphatic rings. The van der Waals surface area contributed by atoms with Gasteiger partial charge in [-0.05, 0) is 24.6 Å². The van der Waals surface area contributed by atoms with Gasteiger partial charge in [-0.2, -0.15) is 4.98 Å². The van der Waals surface area contributed by atoms with Crippen LogP contribution in [0.1, 0.15) is 11.1 Å². The van der Waals surface area contributed by atoms with Crippen molar-refractivity contribution in [2.75, 3.05) is 17.2 Å². The van der Waals surface area contributed by atoms with E-state index in [2.05, 4.69) is 24.5 Å². The number of nitrogen functional groups attached to an aromatic ring is 1. The number of anilines is 2. The summed E-state index contributed by atoms with van der Waals surface area (Å²) in [7, 11) is -2.96. The Hall–Kier alpha value is -3.78. The molecule has 200 valence electrons. The van der Waals surface area contributed by atoms with Crippen LogP contribution in [0, 0.1) is 6.92 Å². The predicted octanol–water partition coefficient (Wildman–Crippen LogP) is 0.164. The molecule has 1 aromatic carbocycles. The lowest BCUT2D eigenvalue weighted by Gasteiger charge is -2.28. The van der Waals surface area contributed by atoms with E-state index >= 15 is 0 Å². The van der Waals surface area contributed by atoms with Crippen molar-refractivity contribution >= 4 is 26.4 Å². The number of H-pyrrole nitrogens is 2. The normalized spacial score (nSPS) is 21.6. The second kappa shape index (κ2) is 11.7. The van der Waals surface area contributed by atoms with Gasteiger partial charge in [0, 0.05) is 15.8 Å². The highest BCUT2D eigenvalue weighted by Crippen LogP contribution is 2.29. The molecular formula is C23H26N6O8P+. The molecule has 0 saturated carbocycles. The van der Waals surface area contributed by atoms with Gasteiger partial charge >= 0.3 is 8.25 Å². The number of aromatic amines is 2. The predicted molar refractivity (Wildman–Crippen MR) is 138 cm³/mol. The van der Waals surface area contributed by atoms with E-state index in [4.69, 9.17) is 15.4 Å². The van der Waals surface area contributed by atoms with Crippen molar-refractivity contribution < 1.29 is 28.9 Å². The first-order chi connectivity index (χ1) is 18.2. The van der Waals surface area contributed by atoms with Crippen LogP contribution in [0.25, 0.3) is 11.3 Å². The Morgan fingerprint density at radius 1 is 1.16 bits per heavy atom. The van der Waals surface area contributed by atoms with Crippen molar-refractivity contribution in [1.29, 1.82) is 0 Å². The molecule has 0 radical (unpaired) electrons. The Morgan fingerprint density at radius 2 is 1.89 bits per heavy atom. The summed E-state index contributed by atoms with van der Waals surface area (Å²) in [5.41, 5.74) is 6.74. The average Bonchev–Trinajstić information content (AvgIpc) is 3.17. The van der Waals surface area contributed by atoms with Crippen molar-refractivity contribution in [2.24, 2.45) is 4.99 Å². The van der Waals surface area contributed by atoms with E-state index in [9.17, 15) is 24.4 Å². The third-order valence-corrected chi connectivity index (χ3v) is 6.26. The van der Waals surface area contributed by atoms with Gasteiger partial charge in [0.05, 0.1) is 18.4 Å². The van der Waals surface area contributed by atoms with E-state index in [1.165, 1.54) is 18.2 Å². The number of aliphatic hydroxyl groups excluding tert-OH is 2. The fourth-order valence-electron chi connectivity index (χ4n) is 3.91. The summed E-state index contributed by atoms with van der Waals surface area (Å²) in [5.74, 6) is -0.235. The van der Waals surface area contributed by atoms with Crippen molar-refractivity contribution in [3.05, 3.63) is 74.3 Å². The van der Waals surface area contributed by atoms with Gasteiger partial charge in [-0.3, -0.25) is 24.5 Å². The first kappa shape index (κ1) is 27.3. The summed E-state index contributed by atoms with van der Waals surface area (Å²) < 4.78 is 21.2.